The van der Waals surface area contributed by atoms with E-state index in [1.807, 2.05) is 74.5 Å². The Morgan fingerprint density at radius 3 is 2.40 bits per heavy atom. The Morgan fingerprint density at radius 2 is 1.67 bits per heavy atom. The molecule has 2 N–H and O–H groups in total. The molecule has 0 aromatic heterocycles. The molecule has 3 rings (SSSR count). The van der Waals surface area contributed by atoms with Crippen LogP contribution in [0.2, 0.25) is 0 Å². The Kier molecular flexibility index (Phi) is 6.86. The number of nitrogens with one attached hydrogen (secondary N) is 2. The van der Waals surface area contributed by atoms with Crippen LogP contribution in [0.4, 0.5) is 11.4 Å². The second-order valence-electron chi connectivity index (χ2n) is 7.45. The van der Waals surface area contributed by atoms with Gasteiger partial charge in [-0.25, -0.2) is 0 Å². The van der Waals surface area contributed by atoms with Gasteiger partial charge in [0.25, 0.3) is 5.91 Å². The van der Waals surface area contributed by atoms with Crippen LogP contribution in [0.1, 0.15) is 27.0 Å². The largest absolute Gasteiger partial charge is 0.376 e. The third-order valence-electron chi connectivity index (χ3n) is 4.83. The van der Waals surface area contributed by atoms with Crippen molar-refractivity contribution in [3.05, 3.63) is 95.1 Å². The zero-order chi connectivity index (χ0) is 21.5. The molecule has 5 heteroatoms. The van der Waals surface area contributed by atoms with Crippen molar-refractivity contribution < 1.29 is 9.59 Å². The fourth-order valence-corrected chi connectivity index (χ4v) is 3.24. The second kappa shape index (κ2) is 9.74. The summed E-state index contributed by atoms with van der Waals surface area (Å²) in [6.45, 7) is 4.64. The third kappa shape index (κ3) is 5.70. The van der Waals surface area contributed by atoms with Gasteiger partial charge in [-0.2, -0.15) is 0 Å². The van der Waals surface area contributed by atoms with E-state index in [1.54, 1.807) is 24.1 Å². The smallest absolute Gasteiger partial charge is 0.253 e. The lowest BCUT2D eigenvalue weighted by Gasteiger charge is -2.18. The van der Waals surface area contributed by atoms with Gasteiger partial charge in [-0.15, -0.1) is 0 Å². The Labute approximate surface area is 177 Å². The minimum Gasteiger partial charge on any atom is -0.376 e. The SMILES string of the molecule is Cc1ccc(NC(=O)CNc2cccc(C(=O)N(C)Cc3ccccc3)c2)c(C)c1. The average Bonchev–Trinajstić information content (AvgIpc) is 2.74. The van der Waals surface area contributed by atoms with E-state index in [4.69, 9.17) is 0 Å². The van der Waals surface area contributed by atoms with Gasteiger partial charge in [-0.1, -0.05) is 54.1 Å². The van der Waals surface area contributed by atoms with Crippen molar-refractivity contribution in [3.63, 3.8) is 0 Å². The maximum absolute atomic E-state index is 12.8. The molecule has 0 aliphatic carbocycles. The summed E-state index contributed by atoms with van der Waals surface area (Å²) < 4.78 is 0. The van der Waals surface area contributed by atoms with Gasteiger partial charge in [0.1, 0.15) is 0 Å². The maximum Gasteiger partial charge on any atom is 0.253 e. The van der Waals surface area contributed by atoms with Crippen LogP contribution in [-0.2, 0) is 11.3 Å². The highest BCUT2D eigenvalue weighted by Crippen LogP contribution is 2.17. The van der Waals surface area contributed by atoms with E-state index in [9.17, 15) is 9.59 Å². The van der Waals surface area contributed by atoms with E-state index in [-0.39, 0.29) is 18.4 Å². The molecule has 2 amide bonds. The minimum atomic E-state index is -0.139. The van der Waals surface area contributed by atoms with Crippen molar-refractivity contribution in [2.75, 3.05) is 24.2 Å². The number of hydrogen-bond donors (Lipinski definition) is 2. The van der Waals surface area contributed by atoms with Gasteiger partial charge in [0.2, 0.25) is 5.91 Å². The molecule has 154 valence electrons. The quantitative estimate of drug-likeness (QED) is 0.607. The molecule has 30 heavy (non-hydrogen) atoms. The fourth-order valence-electron chi connectivity index (χ4n) is 3.24. The zero-order valence-corrected chi connectivity index (χ0v) is 17.6. The van der Waals surface area contributed by atoms with Crippen LogP contribution >= 0.6 is 0 Å². The molecule has 0 aliphatic rings. The number of benzene rings is 3. The van der Waals surface area contributed by atoms with E-state index in [0.29, 0.717) is 12.1 Å². The molecule has 0 atom stereocenters. The van der Waals surface area contributed by atoms with E-state index < -0.39 is 0 Å². The summed E-state index contributed by atoms with van der Waals surface area (Å²) >= 11 is 0. The molecule has 3 aromatic rings. The number of carbonyl (C=O) groups is 2. The standard InChI is InChI=1S/C25H27N3O2/c1-18-12-13-23(19(2)14-18)27-24(29)16-26-22-11-7-10-21(15-22)25(30)28(3)17-20-8-5-4-6-9-20/h4-15,26H,16-17H2,1-3H3,(H,27,29). The predicted molar refractivity (Wildman–Crippen MR) is 122 cm³/mol. The number of amides is 2. The summed E-state index contributed by atoms with van der Waals surface area (Å²) in [5.74, 6) is -0.206. The van der Waals surface area contributed by atoms with Gasteiger partial charge in [-0.05, 0) is 49.2 Å². The number of hydrogen-bond acceptors (Lipinski definition) is 3. The normalized spacial score (nSPS) is 10.4. The molecule has 0 spiro atoms. The van der Waals surface area contributed by atoms with Gasteiger partial charge in [0, 0.05) is 30.5 Å². The summed E-state index contributed by atoms with van der Waals surface area (Å²) in [5, 5.41) is 6.01. The van der Waals surface area contributed by atoms with Crippen molar-refractivity contribution in [1.82, 2.24) is 4.90 Å². The Morgan fingerprint density at radius 1 is 0.900 bits per heavy atom. The van der Waals surface area contributed by atoms with Crippen molar-refractivity contribution in [2.24, 2.45) is 0 Å². The molecule has 5 nitrogen and oxygen atoms in total. The number of aryl methyl sites for hydroxylation is 2. The van der Waals surface area contributed by atoms with E-state index in [2.05, 4.69) is 10.6 Å². The van der Waals surface area contributed by atoms with Crippen LogP contribution in [0.3, 0.4) is 0 Å². The Balaban J connectivity index is 1.58. The highest BCUT2D eigenvalue weighted by atomic mass is 16.2. The highest BCUT2D eigenvalue weighted by molar-refractivity contribution is 5.96. The van der Waals surface area contributed by atoms with Crippen LogP contribution < -0.4 is 10.6 Å². The lowest BCUT2D eigenvalue weighted by Crippen LogP contribution is -2.26. The molecular formula is C25H27N3O2. The van der Waals surface area contributed by atoms with Gasteiger partial charge in [0.15, 0.2) is 0 Å². The number of rotatable bonds is 7. The molecule has 0 saturated carbocycles. The first-order valence-electron chi connectivity index (χ1n) is 9.93. The van der Waals surface area contributed by atoms with Crippen LogP contribution in [0.5, 0.6) is 0 Å². The first-order chi connectivity index (χ1) is 14.4. The summed E-state index contributed by atoms with van der Waals surface area (Å²) in [5.41, 5.74) is 5.36. The van der Waals surface area contributed by atoms with Crippen LogP contribution in [0, 0.1) is 13.8 Å². The molecule has 3 aromatic carbocycles. The zero-order valence-electron chi connectivity index (χ0n) is 17.6. The second-order valence-corrected chi connectivity index (χ2v) is 7.45. The van der Waals surface area contributed by atoms with E-state index >= 15 is 0 Å². The minimum absolute atomic E-state index is 0.0674. The molecule has 0 radical (unpaired) electrons. The monoisotopic (exact) mass is 401 g/mol. The van der Waals surface area contributed by atoms with Crippen LogP contribution in [-0.4, -0.2) is 30.3 Å². The van der Waals surface area contributed by atoms with Gasteiger partial charge in [-0.3, -0.25) is 9.59 Å². The molecule has 0 bridgehead atoms. The molecule has 0 saturated heterocycles. The maximum atomic E-state index is 12.8. The van der Waals surface area contributed by atoms with Crippen molar-refractivity contribution >= 4 is 23.2 Å². The van der Waals surface area contributed by atoms with Gasteiger partial charge < -0.3 is 15.5 Å². The van der Waals surface area contributed by atoms with Crippen molar-refractivity contribution in [3.8, 4) is 0 Å². The van der Waals surface area contributed by atoms with Crippen LogP contribution in [0.25, 0.3) is 0 Å². The van der Waals surface area contributed by atoms with Gasteiger partial charge in [0.05, 0.1) is 6.54 Å². The first-order valence-corrected chi connectivity index (χ1v) is 9.93. The molecule has 0 heterocycles. The number of nitrogens with zero attached hydrogens (tertiary/aromatic N) is 1. The van der Waals surface area contributed by atoms with Crippen LogP contribution in [0.15, 0.2) is 72.8 Å². The summed E-state index contributed by atoms with van der Waals surface area (Å²) in [6, 6.07) is 23.0. The summed E-state index contributed by atoms with van der Waals surface area (Å²) in [7, 11) is 1.78. The van der Waals surface area contributed by atoms with Crippen molar-refractivity contribution in [2.45, 2.75) is 20.4 Å². The molecular weight excluding hydrogens is 374 g/mol. The lowest BCUT2D eigenvalue weighted by molar-refractivity contribution is -0.114. The topological polar surface area (TPSA) is 61.4 Å². The highest BCUT2D eigenvalue weighted by Gasteiger charge is 2.13. The van der Waals surface area contributed by atoms with E-state index in [0.717, 1.165) is 28.1 Å². The predicted octanol–water partition coefficient (Wildman–Crippen LogP) is 4.63. The molecule has 0 fully saturated rings. The summed E-state index contributed by atoms with van der Waals surface area (Å²) in [4.78, 5) is 26.8. The van der Waals surface area contributed by atoms with Gasteiger partial charge >= 0.3 is 0 Å². The fraction of sp³-hybridized carbons (Fsp3) is 0.200. The molecule has 0 aliphatic heterocycles. The number of anilines is 2. The summed E-state index contributed by atoms with van der Waals surface area (Å²) in [6.07, 6.45) is 0. The first kappa shape index (κ1) is 21.1. The third-order valence-corrected chi connectivity index (χ3v) is 4.83. The Hall–Kier alpha value is -3.60. The lowest BCUT2D eigenvalue weighted by atomic mass is 10.1. The van der Waals surface area contributed by atoms with E-state index in [1.165, 1.54) is 0 Å². The Bertz CT molecular complexity index is 1030. The average molecular weight is 402 g/mol. The van der Waals surface area contributed by atoms with Crippen molar-refractivity contribution in [1.29, 1.82) is 0 Å². The molecule has 0 unspecified atom stereocenters. The number of carbonyl (C=O) groups excluding carboxylic acids is 2.